The Morgan fingerprint density at radius 3 is 2.65 bits per heavy atom. The highest BCUT2D eigenvalue weighted by Gasteiger charge is 2.16. The second kappa shape index (κ2) is 6.46. The molecule has 0 radical (unpaired) electrons. The van der Waals surface area contributed by atoms with Crippen molar-refractivity contribution in [3.63, 3.8) is 0 Å². The average molecular weight is 254 g/mol. The summed E-state index contributed by atoms with van der Waals surface area (Å²) < 4.78 is 5.16. The summed E-state index contributed by atoms with van der Waals surface area (Å²) >= 11 is 4.94. The predicted octanol–water partition coefficient (Wildman–Crippen LogP) is 1.19. The lowest BCUT2D eigenvalue weighted by Gasteiger charge is -2.22. The van der Waals surface area contributed by atoms with Crippen LogP contribution in [0.25, 0.3) is 0 Å². The van der Waals surface area contributed by atoms with Gasteiger partial charge in [-0.25, -0.2) is 9.97 Å². The average Bonchev–Trinajstić information content (AvgIpc) is 2.28. The Morgan fingerprint density at radius 2 is 2.12 bits per heavy atom. The molecule has 6 heteroatoms. The molecule has 94 valence electrons. The van der Waals surface area contributed by atoms with Crippen molar-refractivity contribution in [2.75, 3.05) is 19.0 Å². The van der Waals surface area contributed by atoms with Crippen molar-refractivity contribution in [1.29, 1.82) is 0 Å². The van der Waals surface area contributed by atoms with Crippen molar-refractivity contribution < 1.29 is 4.74 Å². The van der Waals surface area contributed by atoms with Gasteiger partial charge in [0.25, 0.3) is 0 Å². The molecule has 0 amide bonds. The summed E-state index contributed by atoms with van der Waals surface area (Å²) in [5.41, 5.74) is 6.12. The molecular formula is C11H18N4OS. The summed E-state index contributed by atoms with van der Waals surface area (Å²) in [7, 11) is 1.67. The number of nitrogens with zero attached hydrogens (tertiary/aromatic N) is 2. The van der Waals surface area contributed by atoms with E-state index in [4.69, 9.17) is 22.7 Å². The highest BCUT2D eigenvalue weighted by molar-refractivity contribution is 7.80. The van der Waals surface area contributed by atoms with Crippen molar-refractivity contribution in [3.05, 3.63) is 18.1 Å². The first-order valence-corrected chi connectivity index (χ1v) is 5.83. The molecule has 1 unspecified atom stereocenters. The Hall–Kier alpha value is -1.27. The maximum absolute atomic E-state index is 5.60. The minimum Gasteiger partial charge on any atom is -0.388 e. The van der Waals surface area contributed by atoms with Crippen LogP contribution in [-0.4, -0.2) is 34.7 Å². The number of rotatable bonds is 6. The number of hydrogen-bond donors (Lipinski definition) is 2. The second-order valence-electron chi connectivity index (χ2n) is 4.07. The van der Waals surface area contributed by atoms with Crippen LogP contribution in [-0.2, 0) is 4.74 Å². The highest BCUT2D eigenvalue weighted by atomic mass is 32.1. The van der Waals surface area contributed by atoms with Crippen molar-refractivity contribution in [1.82, 2.24) is 9.97 Å². The number of methoxy groups -OCH3 is 1. The van der Waals surface area contributed by atoms with Crippen LogP contribution in [0.5, 0.6) is 0 Å². The second-order valence-corrected chi connectivity index (χ2v) is 4.51. The topological polar surface area (TPSA) is 73.1 Å². The molecule has 0 aromatic carbocycles. The van der Waals surface area contributed by atoms with Gasteiger partial charge in [0.2, 0.25) is 0 Å². The largest absolute Gasteiger partial charge is 0.388 e. The number of aromatic nitrogens is 2. The molecular weight excluding hydrogens is 236 g/mol. The van der Waals surface area contributed by atoms with Gasteiger partial charge < -0.3 is 15.8 Å². The van der Waals surface area contributed by atoms with Crippen molar-refractivity contribution in [2.24, 2.45) is 11.7 Å². The first-order chi connectivity index (χ1) is 8.06. The predicted molar refractivity (Wildman–Crippen MR) is 72.0 cm³/mol. The fourth-order valence-corrected chi connectivity index (χ4v) is 1.53. The zero-order valence-electron chi connectivity index (χ0n) is 10.3. The standard InChI is InChI=1S/C11H18N4OS/c1-7(2)8(6-16-3)15-11-9(10(12)17)13-4-5-14-11/h4-5,7-8H,6H2,1-3H3,(H2,12,17)(H,14,15). The SMILES string of the molecule is COCC(Nc1nccnc1C(N)=S)C(C)C. The molecule has 1 heterocycles. The van der Waals surface area contributed by atoms with Crippen LogP contribution in [0.1, 0.15) is 19.5 Å². The van der Waals surface area contributed by atoms with E-state index in [0.29, 0.717) is 24.0 Å². The van der Waals surface area contributed by atoms with Crippen molar-refractivity contribution in [3.8, 4) is 0 Å². The van der Waals surface area contributed by atoms with Gasteiger partial charge in [-0.2, -0.15) is 0 Å². The van der Waals surface area contributed by atoms with Gasteiger partial charge >= 0.3 is 0 Å². The third-order valence-corrected chi connectivity index (χ3v) is 2.60. The van der Waals surface area contributed by atoms with Gasteiger partial charge in [-0.3, -0.25) is 0 Å². The Balaban J connectivity index is 2.88. The van der Waals surface area contributed by atoms with E-state index in [0.717, 1.165) is 0 Å². The highest BCUT2D eigenvalue weighted by Crippen LogP contribution is 2.13. The van der Waals surface area contributed by atoms with E-state index < -0.39 is 0 Å². The van der Waals surface area contributed by atoms with Gasteiger partial charge in [0.05, 0.1) is 12.6 Å². The van der Waals surface area contributed by atoms with E-state index in [9.17, 15) is 0 Å². The smallest absolute Gasteiger partial charge is 0.155 e. The van der Waals surface area contributed by atoms with E-state index in [1.54, 1.807) is 19.5 Å². The molecule has 0 aliphatic rings. The third-order valence-electron chi connectivity index (χ3n) is 2.40. The number of nitrogens with two attached hydrogens (primary N) is 1. The molecule has 0 bridgehead atoms. The molecule has 0 aliphatic carbocycles. The van der Waals surface area contributed by atoms with E-state index in [2.05, 4.69) is 29.1 Å². The van der Waals surface area contributed by atoms with Crippen LogP contribution in [0.2, 0.25) is 0 Å². The lowest BCUT2D eigenvalue weighted by Crippen LogP contribution is -2.32. The van der Waals surface area contributed by atoms with Gasteiger partial charge in [0.15, 0.2) is 5.82 Å². The number of hydrogen-bond acceptors (Lipinski definition) is 5. The zero-order valence-corrected chi connectivity index (χ0v) is 11.1. The zero-order chi connectivity index (χ0) is 12.8. The summed E-state index contributed by atoms with van der Waals surface area (Å²) in [4.78, 5) is 8.56. The summed E-state index contributed by atoms with van der Waals surface area (Å²) in [6.45, 7) is 4.80. The van der Waals surface area contributed by atoms with Crippen LogP contribution in [0, 0.1) is 5.92 Å². The molecule has 0 fully saturated rings. The quantitative estimate of drug-likeness (QED) is 0.743. The molecule has 5 nitrogen and oxygen atoms in total. The maximum atomic E-state index is 5.60. The van der Waals surface area contributed by atoms with Gasteiger partial charge in [-0.15, -0.1) is 0 Å². The number of thiocarbonyl (C=S) groups is 1. The Kier molecular flexibility index (Phi) is 5.24. The molecule has 1 rings (SSSR count). The molecule has 3 N–H and O–H groups in total. The summed E-state index contributed by atoms with van der Waals surface area (Å²) in [5.74, 6) is 1.01. The van der Waals surface area contributed by atoms with Crippen LogP contribution in [0.4, 0.5) is 5.82 Å². The summed E-state index contributed by atoms with van der Waals surface area (Å²) in [5, 5.41) is 3.26. The third kappa shape index (κ3) is 3.90. The molecule has 0 saturated carbocycles. The van der Waals surface area contributed by atoms with Gasteiger partial charge in [-0.1, -0.05) is 26.1 Å². The van der Waals surface area contributed by atoms with Gasteiger partial charge in [0.1, 0.15) is 10.7 Å². The van der Waals surface area contributed by atoms with E-state index in [-0.39, 0.29) is 11.0 Å². The molecule has 0 spiro atoms. The molecule has 17 heavy (non-hydrogen) atoms. The van der Waals surface area contributed by atoms with E-state index >= 15 is 0 Å². The van der Waals surface area contributed by atoms with Gasteiger partial charge in [-0.05, 0) is 5.92 Å². The Morgan fingerprint density at radius 1 is 1.47 bits per heavy atom. The maximum Gasteiger partial charge on any atom is 0.155 e. The Bertz CT molecular complexity index is 383. The number of nitrogens with one attached hydrogen (secondary N) is 1. The minimum atomic E-state index is 0.143. The monoisotopic (exact) mass is 254 g/mol. The minimum absolute atomic E-state index is 0.143. The normalized spacial score (nSPS) is 12.5. The molecule has 0 saturated heterocycles. The Labute approximate surface area is 107 Å². The fraction of sp³-hybridized carbons (Fsp3) is 0.545. The molecule has 1 aromatic heterocycles. The van der Waals surface area contributed by atoms with Crippen molar-refractivity contribution in [2.45, 2.75) is 19.9 Å². The fourth-order valence-electron chi connectivity index (χ4n) is 1.38. The van der Waals surface area contributed by atoms with Crippen LogP contribution in [0.3, 0.4) is 0 Å². The van der Waals surface area contributed by atoms with Crippen molar-refractivity contribution >= 4 is 23.0 Å². The molecule has 1 aromatic rings. The van der Waals surface area contributed by atoms with Crippen LogP contribution >= 0.6 is 12.2 Å². The summed E-state index contributed by atoms with van der Waals surface area (Å²) in [6.07, 6.45) is 3.18. The van der Waals surface area contributed by atoms with Crippen LogP contribution in [0.15, 0.2) is 12.4 Å². The molecule has 0 aliphatic heterocycles. The van der Waals surface area contributed by atoms with Gasteiger partial charge in [0, 0.05) is 19.5 Å². The van der Waals surface area contributed by atoms with E-state index in [1.807, 2.05) is 0 Å². The molecule has 1 atom stereocenters. The van der Waals surface area contributed by atoms with E-state index in [1.165, 1.54) is 0 Å². The first kappa shape index (κ1) is 13.8. The summed E-state index contributed by atoms with van der Waals surface area (Å²) in [6, 6.07) is 0.143. The van der Waals surface area contributed by atoms with Crippen LogP contribution < -0.4 is 11.1 Å². The first-order valence-electron chi connectivity index (χ1n) is 5.42. The number of anilines is 1. The lowest BCUT2D eigenvalue weighted by atomic mass is 10.1. The lowest BCUT2D eigenvalue weighted by molar-refractivity contribution is 0.171. The number of ether oxygens (including phenoxy) is 1.